The molecule has 15 heavy (non-hydrogen) atoms. The van der Waals surface area contributed by atoms with Gasteiger partial charge in [-0.3, -0.25) is 9.48 Å². The SMILES string of the molecule is CCC(=O)C(C)Cc1c(Br)c(C)nn1C. The van der Waals surface area contributed by atoms with Crippen LogP contribution in [0.2, 0.25) is 0 Å². The van der Waals surface area contributed by atoms with Crippen LogP contribution in [0.3, 0.4) is 0 Å². The second-order valence-corrected chi connectivity index (χ2v) is 4.69. The molecular formula is C11H17BrN2O. The molecule has 3 nitrogen and oxygen atoms in total. The van der Waals surface area contributed by atoms with Crippen LogP contribution in [-0.2, 0) is 18.3 Å². The molecule has 0 saturated carbocycles. The minimum atomic E-state index is 0.0705. The molecule has 1 aromatic rings. The topological polar surface area (TPSA) is 34.9 Å². The molecule has 0 fully saturated rings. The Morgan fingerprint density at radius 2 is 2.20 bits per heavy atom. The largest absolute Gasteiger partial charge is 0.299 e. The van der Waals surface area contributed by atoms with Crippen LogP contribution in [0, 0.1) is 12.8 Å². The van der Waals surface area contributed by atoms with Crippen LogP contribution in [0.4, 0.5) is 0 Å². The number of Topliss-reactive ketones (excluding diaryl/α,β-unsaturated/α-hetero) is 1. The molecule has 1 unspecified atom stereocenters. The van der Waals surface area contributed by atoms with Crippen molar-refractivity contribution in [3.05, 3.63) is 15.9 Å². The molecule has 84 valence electrons. The van der Waals surface area contributed by atoms with Crippen molar-refractivity contribution in [1.82, 2.24) is 9.78 Å². The monoisotopic (exact) mass is 272 g/mol. The Labute approximate surface area is 99.0 Å². The number of ketones is 1. The molecule has 0 bridgehead atoms. The second kappa shape index (κ2) is 4.92. The fraction of sp³-hybridized carbons (Fsp3) is 0.636. The summed E-state index contributed by atoms with van der Waals surface area (Å²) in [6.45, 7) is 5.84. The summed E-state index contributed by atoms with van der Waals surface area (Å²) < 4.78 is 2.87. The van der Waals surface area contributed by atoms with E-state index in [1.807, 2.05) is 32.5 Å². The van der Waals surface area contributed by atoms with E-state index in [1.54, 1.807) is 0 Å². The zero-order valence-corrected chi connectivity index (χ0v) is 11.3. The van der Waals surface area contributed by atoms with Crippen molar-refractivity contribution in [2.45, 2.75) is 33.6 Å². The van der Waals surface area contributed by atoms with Crippen LogP contribution in [0.5, 0.6) is 0 Å². The average molecular weight is 273 g/mol. The molecule has 1 rings (SSSR count). The smallest absolute Gasteiger partial charge is 0.135 e. The first-order valence-electron chi connectivity index (χ1n) is 5.18. The number of rotatable bonds is 4. The Balaban J connectivity index is 2.85. The van der Waals surface area contributed by atoms with Crippen LogP contribution in [0.15, 0.2) is 4.47 Å². The van der Waals surface area contributed by atoms with Gasteiger partial charge in [-0.15, -0.1) is 0 Å². The molecule has 0 aliphatic heterocycles. The summed E-state index contributed by atoms with van der Waals surface area (Å²) in [5, 5.41) is 4.31. The van der Waals surface area contributed by atoms with Gasteiger partial charge in [0.1, 0.15) is 5.78 Å². The van der Waals surface area contributed by atoms with Gasteiger partial charge in [-0.25, -0.2) is 0 Å². The standard InChI is InChI=1S/C11H17BrN2O/c1-5-10(15)7(2)6-9-11(12)8(3)13-14(9)4/h7H,5-6H2,1-4H3. The first kappa shape index (κ1) is 12.4. The first-order valence-corrected chi connectivity index (χ1v) is 5.97. The van der Waals surface area contributed by atoms with Crippen molar-refractivity contribution in [2.24, 2.45) is 13.0 Å². The summed E-state index contributed by atoms with van der Waals surface area (Å²) in [6.07, 6.45) is 1.36. The molecule has 1 atom stereocenters. The Bertz CT molecular complexity index is 371. The average Bonchev–Trinajstić information content (AvgIpc) is 2.43. The van der Waals surface area contributed by atoms with Crippen molar-refractivity contribution in [2.75, 3.05) is 0 Å². The normalized spacial score (nSPS) is 12.9. The number of carbonyl (C=O) groups is 1. The zero-order chi connectivity index (χ0) is 11.6. The molecule has 0 saturated heterocycles. The van der Waals surface area contributed by atoms with Crippen LogP contribution >= 0.6 is 15.9 Å². The third-order valence-corrected chi connectivity index (χ3v) is 3.69. The number of carbonyl (C=O) groups excluding carboxylic acids is 1. The molecule has 0 radical (unpaired) electrons. The molecule has 0 amide bonds. The highest BCUT2D eigenvalue weighted by molar-refractivity contribution is 9.10. The van der Waals surface area contributed by atoms with E-state index in [9.17, 15) is 4.79 Å². The van der Waals surface area contributed by atoms with Crippen molar-refractivity contribution >= 4 is 21.7 Å². The van der Waals surface area contributed by atoms with Gasteiger partial charge in [0.25, 0.3) is 0 Å². The number of nitrogens with zero attached hydrogens (tertiary/aromatic N) is 2. The number of hydrogen-bond acceptors (Lipinski definition) is 2. The molecule has 0 aliphatic carbocycles. The van der Waals surface area contributed by atoms with E-state index < -0.39 is 0 Å². The molecule has 0 aromatic carbocycles. The molecule has 1 heterocycles. The van der Waals surface area contributed by atoms with Gasteiger partial charge >= 0.3 is 0 Å². The van der Waals surface area contributed by atoms with E-state index in [1.165, 1.54) is 0 Å². The summed E-state index contributed by atoms with van der Waals surface area (Å²) in [6, 6.07) is 0. The van der Waals surface area contributed by atoms with E-state index in [4.69, 9.17) is 0 Å². The van der Waals surface area contributed by atoms with Gasteiger partial charge in [0.2, 0.25) is 0 Å². The van der Waals surface area contributed by atoms with Gasteiger partial charge < -0.3 is 0 Å². The van der Waals surface area contributed by atoms with E-state index in [2.05, 4.69) is 21.0 Å². The van der Waals surface area contributed by atoms with Crippen LogP contribution in [0.1, 0.15) is 31.7 Å². The fourth-order valence-electron chi connectivity index (χ4n) is 1.65. The lowest BCUT2D eigenvalue weighted by atomic mass is 9.99. The molecule has 4 heteroatoms. The van der Waals surface area contributed by atoms with Gasteiger partial charge in [0.15, 0.2) is 0 Å². The van der Waals surface area contributed by atoms with Crippen molar-refractivity contribution < 1.29 is 4.79 Å². The maximum Gasteiger partial charge on any atom is 0.135 e. The zero-order valence-electron chi connectivity index (χ0n) is 9.67. The summed E-state index contributed by atoms with van der Waals surface area (Å²) in [4.78, 5) is 11.5. The van der Waals surface area contributed by atoms with Crippen LogP contribution < -0.4 is 0 Å². The highest BCUT2D eigenvalue weighted by Crippen LogP contribution is 2.23. The molecule has 1 aromatic heterocycles. The Hall–Kier alpha value is -0.640. The van der Waals surface area contributed by atoms with Crippen LogP contribution in [-0.4, -0.2) is 15.6 Å². The highest BCUT2D eigenvalue weighted by atomic mass is 79.9. The Morgan fingerprint density at radius 1 is 1.60 bits per heavy atom. The minimum Gasteiger partial charge on any atom is -0.299 e. The van der Waals surface area contributed by atoms with Gasteiger partial charge in [0, 0.05) is 19.4 Å². The summed E-state index contributed by atoms with van der Waals surface area (Å²) in [5.41, 5.74) is 2.07. The molecule has 0 spiro atoms. The van der Waals surface area contributed by atoms with Crippen LogP contribution in [0.25, 0.3) is 0 Å². The van der Waals surface area contributed by atoms with Crippen molar-refractivity contribution in [3.63, 3.8) is 0 Å². The lowest BCUT2D eigenvalue weighted by molar-refractivity contribution is -0.122. The maximum atomic E-state index is 11.5. The van der Waals surface area contributed by atoms with Gasteiger partial charge in [-0.1, -0.05) is 13.8 Å². The first-order chi connectivity index (χ1) is 6.97. The van der Waals surface area contributed by atoms with Crippen molar-refractivity contribution in [3.8, 4) is 0 Å². The second-order valence-electron chi connectivity index (χ2n) is 3.89. The lowest BCUT2D eigenvalue weighted by Gasteiger charge is -2.09. The summed E-state index contributed by atoms with van der Waals surface area (Å²) >= 11 is 3.51. The minimum absolute atomic E-state index is 0.0705. The Kier molecular flexibility index (Phi) is 4.08. The highest BCUT2D eigenvalue weighted by Gasteiger charge is 2.17. The number of hydrogen-bond donors (Lipinski definition) is 0. The number of aromatic nitrogens is 2. The molecule has 0 aliphatic rings. The predicted molar refractivity (Wildman–Crippen MR) is 63.8 cm³/mol. The quantitative estimate of drug-likeness (QED) is 0.845. The third kappa shape index (κ3) is 2.68. The molecule has 0 N–H and O–H groups in total. The predicted octanol–water partition coefficient (Wildman–Crippen LogP) is 2.65. The van der Waals surface area contributed by atoms with Gasteiger partial charge in [0.05, 0.1) is 15.9 Å². The van der Waals surface area contributed by atoms with Gasteiger partial charge in [-0.2, -0.15) is 5.10 Å². The lowest BCUT2D eigenvalue weighted by Crippen LogP contribution is -2.14. The van der Waals surface area contributed by atoms with E-state index in [-0.39, 0.29) is 5.92 Å². The maximum absolute atomic E-state index is 11.5. The van der Waals surface area contributed by atoms with E-state index in [0.717, 1.165) is 22.3 Å². The molecular weight excluding hydrogens is 256 g/mol. The summed E-state index contributed by atoms with van der Waals surface area (Å²) in [5.74, 6) is 0.377. The summed E-state index contributed by atoms with van der Waals surface area (Å²) in [7, 11) is 1.91. The van der Waals surface area contributed by atoms with Gasteiger partial charge in [-0.05, 0) is 29.3 Å². The Morgan fingerprint density at radius 3 is 2.60 bits per heavy atom. The van der Waals surface area contributed by atoms with Crippen molar-refractivity contribution in [1.29, 1.82) is 0 Å². The van der Waals surface area contributed by atoms with E-state index in [0.29, 0.717) is 12.2 Å². The fourth-order valence-corrected chi connectivity index (χ4v) is 2.15. The number of aryl methyl sites for hydroxylation is 2. The van der Waals surface area contributed by atoms with E-state index >= 15 is 0 Å². The number of halogens is 1. The third-order valence-electron chi connectivity index (χ3n) is 2.66.